The molecule has 24 heavy (non-hydrogen) atoms. The van der Waals surface area contributed by atoms with Crippen LogP contribution in [0.5, 0.6) is 0 Å². The van der Waals surface area contributed by atoms with Gasteiger partial charge in [-0.2, -0.15) is 0 Å². The first-order valence-electron chi connectivity index (χ1n) is 9.03. The third-order valence-electron chi connectivity index (χ3n) is 4.95. The van der Waals surface area contributed by atoms with Gasteiger partial charge < -0.3 is 14.9 Å². The van der Waals surface area contributed by atoms with Crippen molar-refractivity contribution in [3.8, 4) is 0 Å². The average Bonchev–Trinajstić information content (AvgIpc) is 2.63. The van der Waals surface area contributed by atoms with Crippen LogP contribution in [0.4, 0.5) is 5.82 Å². The fourth-order valence-electron chi connectivity index (χ4n) is 3.42. The number of nitrogens with zero attached hydrogens (tertiary/aromatic N) is 4. The van der Waals surface area contributed by atoms with Crippen LogP contribution in [0.1, 0.15) is 38.0 Å². The van der Waals surface area contributed by atoms with Gasteiger partial charge in [0.05, 0.1) is 18.3 Å². The van der Waals surface area contributed by atoms with E-state index in [2.05, 4.69) is 14.8 Å². The summed E-state index contributed by atoms with van der Waals surface area (Å²) in [4.78, 5) is 23.4. The summed E-state index contributed by atoms with van der Waals surface area (Å²) in [5, 5.41) is 9.68. The highest BCUT2D eigenvalue weighted by Gasteiger charge is 2.23. The van der Waals surface area contributed by atoms with Crippen LogP contribution in [-0.4, -0.2) is 71.6 Å². The highest BCUT2D eigenvalue weighted by Crippen LogP contribution is 2.18. The van der Waals surface area contributed by atoms with E-state index in [1.165, 1.54) is 6.42 Å². The van der Waals surface area contributed by atoms with Gasteiger partial charge in [-0.25, -0.2) is 4.98 Å². The SMILES string of the molecule is CC(O)c1cccc(N2CCN(CC(=O)N3CCCCC3)CC2)n1. The molecule has 2 fully saturated rings. The van der Waals surface area contributed by atoms with Crippen LogP contribution in [-0.2, 0) is 4.79 Å². The molecule has 0 aliphatic carbocycles. The second-order valence-corrected chi connectivity index (χ2v) is 6.80. The molecular weight excluding hydrogens is 304 g/mol. The van der Waals surface area contributed by atoms with E-state index in [0.29, 0.717) is 12.2 Å². The molecule has 0 bridgehead atoms. The van der Waals surface area contributed by atoms with Crippen molar-refractivity contribution in [2.75, 3.05) is 50.7 Å². The summed E-state index contributed by atoms with van der Waals surface area (Å²) in [6, 6.07) is 5.78. The standard InChI is InChI=1S/C18H28N4O2/c1-15(23)16-6-5-7-17(19-16)21-12-10-20(11-13-21)14-18(24)22-8-3-2-4-9-22/h5-7,15,23H,2-4,8-14H2,1H3. The third-order valence-corrected chi connectivity index (χ3v) is 4.95. The quantitative estimate of drug-likeness (QED) is 0.900. The van der Waals surface area contributed by atoms with E-state index in [-0.39, 0.29) is 5.91 Å². The molecule has 1 amide bonds. The third kappa shape index (κ3) is 4.24. The second-order valence-electron chi connectivity index (χ2n) is 6.80. The first kappa shape index (κ1) is 17.2. The minimum absolute atomic E-state index is 0.275. The number of pyridine rings is 1. The lowest BCUT2D eigenvalue weighted by atomic mass is 10.1. The van der Waals surface area contributed by atoms with E-state index >= 15 is 0 Å². The zero-order chi connectivity index (χ0) is 16.9. The molecule has 132 valence electrons. The fourth-order valence-corrected chi connectivity index (χ4v) is 3.42. The van der Waals surface area contributed by atoms with E-state index in [9.17, 15) is 9.90 Å². The molecule has 2 aliphatic heterocycles. The number of piperidine rings is 1. The number of piperazine rings is 1. The van der Waals surface area contributed by atoms with Crippen LogP contribution in [0.3, 0.4) is 0 Å². The zero-order valence-electron chi connectivity index (χ0n) is 14.5. The Kier molecular flexibility index (Phi) is 5.68. The van der Waals surface area contributed by atoms with Crippen molar-refractivity contribution in [1.82, 2.24) is 14.8 Å². The summed E-state index contributed by atoms with van der Waals surface area (Å²) in [6.45, 7) is 7.60. The van der Waals surface area contributed by atoms with Crippen molar-refractivity contribution in [2.45, 2.75) is 32.3 Å². The number of rotatable bonds is 4. The number of aliphatic hydroxyl groups excluding tert-OH is 1. The van der Waals surface area contributed by atoms with Crippen LogP contribution >= 0.6 is 0 Å². The highest BCUT2D eigenvalue weighted by atomic mass is 16.3. The Hall–Kier alpha value is -1.66. The molecule has 1 aromatic heterocycles. The maximum Gasteiger partial charge on any atom is 0.236 e. The monoisotopic (exact) mass is 332 g/mol. The largest absolute Gasteiger partial charge is 0.387 e. The summed E-state index contributed by atoms with van der Waals surface area (Å²) in [6.07, 6.45) is 2.99. The maximum atomic E-state index is 12.4. The fraction of sp³-hybridized carbons (Fsp3) is 0.667. The molecule has 0 saturated carbocycles. The highest BCUT2D eigenvalue weighted by molar-refractivity contribution is 5.78. The Labute approximate surface area is 144 Å². The molecule has 3 rings (SSSR count). The Morgan fingerprint density at radius 3 is 2.50 bits per heavy atom. The maximum absolute atomic E-state index is 12.4. The molecular formula is C18H28N4O2. The normalized spacial score (nSPS) is 20.9. The van der Waals surface area contributed by atoms with Gasteiger partial charge in [0.1, 0.15) is 5.82 Å². The number of carbonyl (C=O) groups is 1. The van der Waals surface area contributed by atoms with E-state index in [1.54, 1.807) is 6.92 Å². The molecule has 0 aromatic carbocycles. The van der Waals surface area contributed by atoms with Gasteiger partial charge in [-0.05, 0) is 38.3 Å². The molecule has 1 N–H and O–H groups in total. The van der Waals surface area contributed by atoms with Crippen molar-refractivity contribution >= 4 is 11.7 Å². The molecule has 2 aliphatic rings. The van der Waals surface area contributed by atoms with Gasteiger partial charge >= 0.3 is 0 Å². The molecule has 6 nitrogen and oxygen atoms in total. The van der Waals surface area contributed by atoms with Gasteiger partial charge in [-0.15, -0.1) is 0 Å². The van der Waals surface area contributed by atoms with E-state index < -0.39 is 6.10 Å². The number of hydrogen-bond acceptors (Lipinski definition) is 5. The second kappa shape index (κ2) is 7.94. The first-order chi connectivity index (χ1) is 11.6. The topological polar surface area (TPSA) is 59.9 Å². The Balaban J connectivity index is 1.50. The van der Waals surface area contributed by atoms with Crippen LogP contribution < -0.4 is 4.90 Å². The molecule has 0 spiro atoms. The van der Waals surface area contributed by atoms with E-state index in [4.69, 9.17) is 0 Å². The zero-order valence-corrected chi connectivity index (χ0v) is 14.5. The predicted molar refractivity (Wildman–Crippen MR) is 94.0 cm³/mol. The van der Waals surface area contributed by atoms with Crippen LogP contribution in [0.25, 0.3) is 0 Å². The molecule has 0 radical (unpaired) electrons. The van der Waals surface area contributed by atoms with Crippen molar-refractivity contribution < 1.29 is 9.90 Å². The van der Waals surface area contributed by atoms with Gasteiger partial charge in [0.25, 0.3) is 0 Å². The lowest BCUT2D eigenvalue weighted by molar-refractivity contribution is -0.133. The summed E-state index contributed by atoms with van der Waals surface area (Å²) < 4.78 is 0. The van der Waals surface area contributed by atoms with Crippen LogP contribution in [0.15, 0.2) is 18.2 Å². The first-order valence-corrected chi connectivity index (χ1v) is 9.03. The molecule has 1 atom stereocenters. The summed E-state index contributed by atoms with van der Waals surface area (Å²) >= 11 is 0. The average molecular weight is 332 g/mol. The van der Waals surface area contributed by atoms with Gasteiger partial charge in [0, 0.05) is 39.3 Å². The number of aliphatic hydroxyl groups is 1. The molecule has 2 saturated heterocycles. The minimum Gasteiger partial charge on any atom is -0.387 e. The van der Waals surface area contributed by atoms with Crippen molar-refractivity contribution in [3.63, 3.8) is 0 Å². The molecule has 6 heteroatoms. The summed E-state index contributed by atoms with van der Waals surface area (Å²) in [5.41, 5.74) is 0.704. The number of carbonyl (C=O) groups excluding carboxylic acids is 1. The number of amides is 1. The number of hydrogen-bond donors (Lipinski definition) is 1. The van der Waals surface area contributed by atoms with Crippen molar-refractivity contribution in [3.05, 3.63) is 23.9 Å². The molecule has 1 unspecified atom stereocenters. The van der Waals surface area contributed by atoms with Crippen molar-refractivity contribution in [1.29, 1.82) is 0 Å². The Morgan fingerprint density at radius 2 is 1.83 bits per heavy atom. The van der Waals surface area contributed by atoms with Gasteiger partial charge in [0.2, 0.25) is 5.91 Å². The van der Waals surface area contributed by atoms with Crippen LogP contribution in [0, 0.1) is 0 Å². The van der Waals surface area contributed by atoms with Gasteiger partial charge in [-0.1, -0.05) is 6.07 Å². The lowest BCUT2D eigenvalue weighted by Crippen LogP contribution is -2.51. The number of likely N-dealkylation sites (tertiary alicyclic amines) is 1. The lowest BCUT2D eigenvalue weighted by Gasteiger charge is -2.36. The van der Waals surface area contributed by atoms with Gasteiger partial charge in [-0.3, -0.25) is 9.69 Å². The summed E-state index contributed by atoms with van der Waals surface area (Å²) in [5.74, 6) is 1.19. The van der Waals surface area contributed by atoms with E-state index in [0.717, 1.165) is 57.9 Å². The summed E-state index contributed by atoms with van der Waals surface area (Å²) in [7, 11) is 0. The number of anilines is 1. The van der Waals surface area contributed by atoms with E-state index in [1.807, 2.05) is 23.1 Å². The van der Waals surface area contributed by atoms with Crippen LogP contribution in [0.2, 0.25) is 0 Å². The van der Waals surface area contributed by atoms with Crippen molar-refractivity contribution in [2.24, 2.45) is 0 Å². The Bertz CT molecular complexity index is 550. The minimum atomic E-state index is -0.548. The Morgan fingerprint density at radius 1 is 1.12 bits per heavy atom. The van der Waals surface area contributed by atoms with Gasteiger partial charge in [0.15, 0.2) is 0 Å². The molecule has 3 heterocycles. The smallest absolute Gasteiger partial charge is 0.236 e. The predicted octanol–water partition coefficient (Wildman–Crippen LogP) is 1.27. The molecule has 1 aromatic rings. The number of aromatic nitrogens is 1.